The maximum Gasteiger partial charge on any atom is 0.333 e. The number of carbonyl (C=O) groups is 1. The number of benzene rings is 1. The first-order valence-corrected chi connectivity index (χ1v) is 4.40. The Morgan fingerprint density at radius 1 is 1.33 bits per heavy atom. The van der Waals surface area contributed by atoms with Crippen molar-refractivity contribution < 1.29 is 14.3 Å². The summed E-state index contributed by atoms with van der Waals surface area (Å²) in [5, 5.41) is 0. The summed E-state index contributed by atoms with van der Waals surface area (Å²) in [4.78, 5) is 10.7. The molecule has 0 aliphatic rings. The molecule has 0 unspecified atom stereocenters. The first kappa shape index (κ1) is 11.0. The van der Waals surface area contributed by atoms with Gasteiger partial charge in [-0.25, -0.2) is 4.79 Å². The highest BCUT2D eigenvalue weighted by Crippen LogP contribution is 2.12. The van der Waals surface area contributed by atoms with E-state index >= 15 is 0 Å². The van der Waals surface area contributed by atoms with Crippen molar-refractivity contribution in [3.8, 4) is 5.75 Å². The molecule has 0 bridgehead atoms. The standard InChI is InChI=1S/C12H12O3/c1-3-10-4-6-11(7-5-10)15-9-8-12(13)14-2/h3-9H,1H2,2H3/b9-8+. The maximum absolute atomic E-state index is 10.7. The van der Waals surface area contributed by atoms with Crippen LogP contribution >= 0.6 is 0 Å². The van der Waals surface area contributed by atoms with Crippen LogP contribution in [0.5, 0.6) is 5.75 Å². The Kier molecular flexibility index (Phi) is 4.16. The molecule has 0 N–H and O–H groups in total. The zero-order chi connectivity index (χ0) is 11.1. The first-order valence-electron chi connectivity index (χ1n) is 4.40. The number of esters is 1. The Morgan fingerprint density at radius 2 is 2.00 bits per heavy atom. The number of carbonyl (C=O) groups excluding carboxylic acids is 1. The zero-order valence-electron chi connectivity index (χ0n) is 8.47. The van der Waals surface area contributed by atoms with Crippen LogP contribution in [0.2, 0.25) is 0 Å². The van der Waals surface area contributed by atoms with Crippen molar-refractivity contribution in [2.75, 3.05) is 7.11 Å². The molecule has 0 amide bonds. The van der Waals surface area contributed by atoms with Crippen molar-refractivity contribution in [1.29, 1.82) is 0 Å². The van der Waals surface area contributed by atoms with Gasteiger partial charge in [0.25, 0.3) is 0 Å². The molecule has 1 aromatic rings. The van der Waals surface area contributed by atoms with Crippen molar-refractivity contribution in [1.82, 2.24) is 0 Å². The summed E-state index contributed by atoms with van der Waals surface area (Å²) in [6.45, 7) is 3.64. The quantitative estimate of drug-likeness (QED) is 0.429. The van der Waals surface area contributed by atoms with E-state index in [0.29, 0.717) is 5.75 Å². The molecule has 0 atom stereocenters. The molecule has 0 fully saturated rings. The van der Waals surface area contributed by atoms with Crippen LogP contribution in [0.4, 0.5) is 0 Å². The third kappa shape index (κ3) is 3.68. The van der Waals surface area contributed by atoms with Gasteiger partial charge in [-0.05, 0) is 17.7 Å². The second-order valence-electron chi connectivity index (χ2n) is 2.72. The predicted octanol–water partition coefficient (Wildman–Crippen LogP) is 2.40. The molecule has 1 aromatic carbocycles. The Balaban J connectivity index is 2.54. The Hall–Kier alpha value is -2.03. The van der Waals surface area contributed by atoms with Crippen LogP contribution in [-0.4, -0.2) is 13.1 Å². The molecular weight excluding hydrogens is 192 g/mol. The smallest absolute Gasteiger partial charge is 0.333 e. The average Bonchev–Trinajstić information content (AvgIpc) is 2.29. The van der Waals surface area contributed by atoms with Gasteiger partial charge in [-0.15, -0.1) is 0 Å². The predicted molar refractivity (Wildman–Crippen MR) is 58.3 cm³/mol. The zero-order valence-corrected chi connectivity index (χ0v) is 8.47. The number of hydrogen-bond acceptors (Lipinski definition) is 3. The van der Waals surface area contributed by atoms with Gasteiger partial charge >= 0.3 is 5.97 Å². The summed E-state index contributed by atoms with van der Waals surface area (Å²) in [5.74, 6) is 0.207. The van der Waals surface area contributed by atoms with Crippen molar-refractivity contribution >= 4 is 12.0 Å². The molecule has 0 heterocycles. The fourth-order valence-electron chi connectivity index (χ4n) is 0.919. The Bertz CT molecular complexity index is 363. The molecule has 15 heavy (non-hydrogen) atoms. The van der Waals surface area contributed by atoms with E-state index < -0.39 is 5.97 Å². The van der Waals surface area contributed by atoms with Crippen LogP contribution < -0.4 is 4.74 Å². The van der Waals surface area contributed by atoms with Gasteiger partial charge in [0, 0.05) is 0 Å². The van der Waals surface area contributed by atoms with Crippen molar-refractivity contribution in [3.05, 3.63) is 48.7 Å². The molecule has 0 aromatic heterocycles. The number of ether oxygens (including phenoxy) is 2. The molecule has 0 saturated heterocycles. The fourth-order valence-corrected chi connectivity index (χ4v) is 0.919. The molecule has 0 radical (unpaired) electrons. The molecule has 3 heteroatoms. The minimum absolute atomic E-state index is 0.447. The van der Waals surface area contributed by atoms with E-state index in [9.17, 15) is 4.79 Å². The lowest BCUT2D eigenvalue weighted by atomic mass is 10.2. The Labute approximate surface area is 88.6 Å². The lowest BCUT2D eigenvalue weighted by Crippen LogP contribution is -1.95. The van der Waals surface area contributed by atoms with Gasteiger partial charge in [0.1, 0.15) is 5.75 Å². The van der Waals surface area contributed by atoms with Crippen molar-refractivity contribution in [2.24, 2.45) is 0 Å². The highest BCUT2D eigenvalue weighted by molar-refractivity contribution is 5.81. The van der Waals surface area contributed by atoms with Gasteiger partial charge in [-0.2, -0.15) is 0 Å². The summed E-state index contributed by atoms with van der Waals surface area (Å²) >= 11 is 0. The summed E-state index contributed by atoms with van der Waals surface area (Å²) in [7, 11) is 1.31. The highest BCUT2D eigenvalue weighted by atomic mass is 16.5. The maximum atomic E-state index is 10.7. The van der Waals surface area contributed by atoms with E-state index in [4.69, 9.17) is 4.74 Å². The molecule has 0 aliphatic carbocycles. The van der Waals surface area contributed by atoms with E-state index in [1.54, 1.807) is 18.2 Å². The highest BCUT2D eigenvalue weighted by Gasteiger charge is 1.92. The second-order valence-corrected chi connectivity index (χ2v) is 2.72. The summed E-state index contributed by atoms with van der Waals surface area (Å²) in [6, 6.07) is 7.32. The third-order valence-electron chi connectivity index (χ3n) is 1.73. The Morgan fingerprint density at radius 3 is 2.53 bits per heavy atom. The topological polar surface area (TPSA) is 35.5 Å². The minimum atomic E-state index is -0.447. The van der Waals surface area contributed by atoms with Gasteiger partial charge in [0.2, 0.25) is 0 Å². The van der Waals surface area contributed by atoms with Crippen LogP contribution in [-0.2, 0) is 9.53 Å². The number of methoxy groups -OCH3 is 1. The molecule has 1 rings (SSSR count). The van der Waals surface area contributed by atoms with Gasteiger partial charge in [0.05, 0.1) is 19.4 Å². The lowest BCUT2D eigenvalue weighted by Gasteiger charge is -1.99. The SMILES string of the molecule is C=Cc1ccc(O/C=C/C(=O)OC)cc1. The van der Waals surface area contributed by atoms with Gasteiger partial charge in [-0.1, -0.05) is 24.8 Å². The van der Waals surface area contributed by atoms with Crippen molar-refractivity contribution in [2.45, 2.75) is 0 Å². The molecule has 0 aliphatic heterocycles. The van der Waals surface area contributed by atoms with E-state index in [0.717, 1.165) is 5.56 Å². The normalized spacial score (nSPS) is 9.93. The van der Waals surface area contributed by atoms with Gasteiger partial charge < -0.3 is 9.47 Å². The molecule has 78 valence electrons. The largest absolute Gasteiger partial charge is 0.466 e. The third-order valence-corrected chi connectivity index (χ3v) is 1.73. The molecule has 3 nitrogen and oxygen atoms in total. The van der Waals surface area contributed by atoms with E-state index in [2.05, 4.69) is 11.3 Å². The van der Waals surface area contributed by atoms with Crippen LogP contribution in [0.25, 0.3) is 6.08 Å². The number of hydrogen-bond donors (Lipinski definition) is 0. The van der Waals surface area contributed by atoms with Crippen LogP contribution in [0, 0.1) is 0 Å². The molecule has 0 spiro atoms. The molecular formula is C12H12O3. The van der Waals surface area contributed by atoms with E-state index in [1.807, 2.05) is 12.1 Å². The van der Waals surface area contributed by atoms with E-state index in [-0.39, 0.29) is 0 Å². The molecule has 0 saturated carbocycles. The van der Waals surface area contributed by atoms with Crippen LogP contribution in [0.15, 0.2) is 43.2 Å². The van der Waals surface area contributed by atoms with Crippen LogP contribution in [0.1, 0.15) is 5.56 Å². The first-order chi connectivity index (χ1) is 7.26. The minimum Gasteiger partial charge on any atom is -0.466 e. The van der Waals surface area contributed by atoms with Gasteiger partial charge in [0.15, 0.2) is 0 Å². The summed E-state index contributed by atoms with van der Waals surface area (Å²) < 4.78 is 9.57. The second kappa shape index (κ2) is 5.65. The van der Waals surface area contributed by atoms with E-state index in [1.165, 1.54) is 19.4 Å². The average molecular weight is 204 g/mol. The van der Waals surface area contributed by atoms with Crippen LogP contribution in [0.3, 0.4) is 0 Å². The lowest BCUT2D eigenvalue weighted by molar-refractivity contribution is -0.134. The summed E-state index contributed by atoms with van der Waals surface area (Å²) in [5.41, 5.74) is 1.01. The van der Waals surface area contributed by atoms with Gasteiger partial charge in [-0.3, -0.25) is 0 Å². The summed E-state index contributed by atoms with van der Waals surface area (Å²) in [6.07, 6.45) is 4.24. The number of rotatable bonds is 4. The fraction of sp³-hybridized carbons (Fsp3) is 0.0833. The monoisotopic (exact) mass is 204 g/mol. The van der Waals surface area contributed by atoms with Crippen molar-refractivity contribution in [3.63, 3.8) is 0 Å².